The second-order valence-electron chi connectivity index (χ2n) is 4.26. The van der Waals surface area contributed by atoms with Crippen LogP contribution < -0.4 is 5.56 Å². The molecule has 0 aliphatic carbocycles. The third-order valence-corrected chi connectivity index (χ3v) is 3.27. The Kier molecular flexibility index (Phi) is 5.98. The zero-order valence-corrected chi connectivity index (χ0v) is 12.7. The van der Waals surface area contributed by atoms with Gasteiger partial charge >= 0.3 is 0 Å². The molecular formula is C12H19BrN2O3. The topological polar surface area (TPSA) is 64.2 Å². The van der Waals surface area contributed by atoms with Crippen molar-refractivity contribution in [3.63, 3.8) is 0 Å². The number of hydrogen-bond acceptors (Lipinski definition) is 4. The summed E-state index contributed by atoms with van der Waals surface area (Å²) < 4.78 is 11.1. The van der Waals surface area contributed by atoms with E-state index in [2.05, 4.69) is 25.9 Å². The van der Waals surface area contributed by atoms with Crippen LogP contribution in [0.4, 0.5) is 0 Å². The van der Waals surface area contributed by atoms with Gasteiger partial charge in [0.05, 0.1) is 12.3 Å². The normalized spacial score (nSPS) is 13.0. The molecule has 1 atom stereocenters. The summed E-state index contributed by atoms with van der Waals surface area (Å²) in [5, 5.41) is 0. The fourth-order valence-electron chi connectivity index (χ4n) is 1.66. The number of ether oxygens (including phenoxy) is 2. The monoisotopic (exact) mass is 318 g/mol. The fraction of sp³-hybridized carbons (Fsp3) is 0.667. The summed E-state index contributed by atoms with van der Waals surface area (Å²) in [7, 11) is 1.57. The number of methoxy groups -OCH3 is 1. The second kappa shape index (κ2) is 7.01. The number of nitrogens with zero attached hydrogens (tertiary/aromatic N) is 1. The van der Waals surface area contributed by atoms with Crippen molar-refractivity contribution in [1.82, 2.24) is 9.97 Å². The van der Waals surface area contributed by atoms with E-state index in [0.717, 1.165) is 0 Å². The van der Waals surface area contributed by atoms with Crippen molar-refractivity contribution in [2.75, 3.05) is 13.7 Å². The van der Waals surface area contributed by atoms with Gasteiger partial charge in [0.15, 0.2) is 0 Å². The van der Waals surface area contributed by atoms with Gasteiger partial charge in [0, 0.05) is 13.7 Å². The molecule has 1 heterocycles. The average Bonchev–Trinajstić information content (AvgIpc) is 2.31. The van der Waals surface area contributed by atoms with E-state index in [9.17, 15) is 4.79 Å². The summed E-state index contributed by atoms with van der Waals surface area (Å²) >= 11 is 3.21. The van der Waals surface area contributed by atoms with Crippen LogP contribution in [0.5, 0.6) is 0 Å². The maximum Gasteiger partial charge on any atom is 0.265 e. The Morgan fingerprint density at radius 1 is 1.44 bits per heavy atom. The molecule has 102 valence electrons. The van der Waals surface area contributed by atoms with Gasteiger partial charge in [0.1, 0.15) is 16.4 Å². The number of hydrogen-bond donors (Lipinski definition) is 1. The van der Waals surface area contributed by atoms with E-state index in [1.165, 1.54) is 0 Å². The molecule has 0 saturated carbocycles. The van der Waals surface area contributed by atoms with E-state index in [1.807, 2.05) is 20.8 Å². The summed E-state index contributed by atoms with van der Waals surface area (Å²) in [5.74, 6) is 0.775. The predicted octanol–water partition coefficient (Wildman–Crippen LogP) is 2.41. The molecule has 0 bridgehead atoms. The lowest BCUT2D eigenvalue weighted by molar-refractivity contribution is 0.0225. The first kappa shape index (κ1) is 15.3. The molecular weight excluding hydrogens is 300 g/mol. The van der Waals surface area contributed by atoms with Crippen LogP contribution >= 0.6 is 15.9 Å². The first-order valence-electron chi connectivity index (χ1n) is 5.90. The van der Waals surface area contributed by atoms with Crippen molar-refractivity contribution in [2.24, 2.45) is 5.92 Å². The van der Waals surface area contributed by atoms with E-state index < -0.39 is 0 Å². The molecule has 1 unspecified atom stereocenters. The first-order valence-corrected chi connectivity index (χ1v) is 6.69. The van der Waals surface area contributed by atoms with E-state index in [-0.39, 0.29) is 24.2 Å². The highest BCUT2D eigenvalue weighted by Gasteiger charge is 2.20. The smallest absolute Gasteiger partial charge is 0.265 e. The zero-order valence-electron chi connectivity index (χ0n) is 11.1. The Bertz CT molecular complexity index is 445. The Morgan fingerprint density at radius 2 is 2.11 bits per heavy atom. The lowest BCUT2D eigenvalue weighted by Gasteiger charge is -2.20. The number of aromatic nitrogens is 2. The SMILES string of the molecule is CCOC(c1nc(COC)c(Br)c(=O)[nH]1)C(C)C. The Hall–Kier alpha value is -0.720. The summed E-state index contributed by atoms with van der Waals surface area (Å²) in [4.78, 5) is 19.0. The van der Waals surface area contributed by atoms with Crippen LogP contribution in [0.3, 0.4) is 0 Å². The van der Waals surface area contributed by atoms with Crippen molar-refractivity contribution in [2.45, 2.75) is 33.5 Å². The van der Waals surface area contributed by atoms with Crippen LogP contribution in [0.25, 0.3) is 0 Å². The van der Waals surface area contributed by atoms with Crippen LogP contribution in [0, 0.1) is 5.92 Å². The van der Waals surface area contributed by atoms with Gasteiger partial charge in [-0.3, -0.25) is 4.79 Å². The minimum absolute atomic E-state index is 0.211. The van der Waals surface area contributed by atoms with E-state index in [4.69, 9.17) is 9.47 Å². The summed E-state index contributed by atoms with van der Waals surface area (Å²) in [5.41, 5.74) is 0.374. The molecule has 0 radical (unpaired) electrons. The van der Waals surface area contributed by atoms with Crippen molar-refractivity contribution in [3.05, 3.63) is 26.3 Å². The van der Waals surface area contributed by atoms with Gasteiger partial charge in [-0.25, -0.2) is 4.98 Å². The van der Waals surface area contributed by atoms with Crippen molar-refractivity contribution in [1.29, 1.82) is 0 Å². The van der Waals surface area contributed by atoms with Gasteiger partial charge < -0.3 is 14.5 Å². The van der Waals surface area contributed by atoms with Gasteiger partial charge in [-0.2, -0.15) is 0 Å². The number of aromatic amines is 1. The van der Waals surface area contributed by atoms with Gasteiger partial charge in [0.2, 0.25) is 0 Å². The molecule has 0 amide bonds. The lowest BCUT2D eigenvalue weighted by atomic mass is 10.1. The summed E-state index contributed by atoms with van der Waals surface area (Å²) in [6.45, 7) is 6.83. The predicted molar refractivity (Wildman–Crippen MR) is 72.5 cm³/mol. The number of nitrogens with one attached hydrogen (secondary N) is 1. The maximum absolute atomic E-state index is 11.8. The minimum atomic E-state index is -0.216. The lowest BCUT2D eigenvalue weighted by Crippen LogP contribution is -2.22. The van der Waals surface area contributed by atoms with Gasteiger partial charge in [-0.1, -0.05) is 13.8 Å². The average molecular weight is 319 g/mol. The minimum Gasteiger partial charge on any atom is -0.378 e. The third-order valence-electron chi connectivity index (χ3n) is 2.45. The van der Waals surface area contributed by atoms with E-state index >= 15 is 0 Å². The molecule has 1 rings (SSSR count). The number of rotatable bonds is 6. The standard InChI is InChI=1S/C12H19BrN2O3/c1-5-18-10(7(2)3)11-14-8(6-17-4)9(13)12(16)15-11/h7,10H,5-6H2,1-4H3,(H,14,15,16). The van der Waals surface area contributed by atoms with Gasteiger partial charge in [-0.05, 0) is 28.8 Å². The van der Waals surface area contributed by atoms with Crippen LogP contribution in [0.1, 0.15) is 38.4 Å². The molecule has 0 aliphatic heterocycles. The fourth-order valence-corrected chi connectivity index (χ4v) is 1.96. The third kappa shape index (κ3) is 3.63. The molecule has 0 aliphatic rings. The highest BCUT2D eigenvalue weighted by atomic mass is 79.9. The maximum atomic E-state index is 11.8. The van der Waals surface area contributed by atoms with Crippen molar-refractivity contribution >= 4 is 15.9 Å². The zero-order chi connectivity index (χ0) is 13.7. The molecule has 0 fully saturated rings. The Labute approximate surface area is 115 Å². The van der Waals surface area contributed by atoms with Crippen molar-refractivity contribution in [3.8, 4) is 0 Å². The highest BCUT2D eigenvalue weighted by molar-refractivity contribution is 9.10. The van der Waals surface area contributed by atoms with E-state index in [1.54, 1.807) is 7.11 Å². The number of halogens is 1. The highest BCUT2D eigenvalue weighted by Crippen LogP contribution is 2.23. The molecule has 0 aromatic carbocycles. The summed E-state index contributed by atoms with van der Waals surface area (Å²) in [6.07, 6.45) is -0.216. The second-order valence-corrected chi connectivity index (χ2v) is 5.06. The first-order chi connectivity index (χ1) is 8.51. The van der Waals surface area contributed by atoms with Crippen molar-refractivity contribution < 1.29 is 9.47 Å². The van der Waals surface area contributed by atoms with Crippen LogP contribution in [-0.2, 0) is 16.1 Å². The largest absolute Gasteiger partial charge is 0.378 e. The summed E-state index contributed by atoms with van der Waals surface area (Å²) in [6, 6.07) is 0. The number of H-pyrrole nitrogens is 1. The van der Waals surface area contributed by atoms with Gasteiger partial charge in [-0.15, -0.1) is 0 Å². The molecule has 1 aromatic rings. The molecule has 1 N–H and O–H groups in total. The van der Waals surface area contributed by atoms with E-state index in [0.29, 0.717) is 22.6 Å². The Balaban J connectivity index is 3.19. The van der Waals surface area contributed by atoms with Gasteiger partial charge in [0.25, 0.3) is 5.56 Å². The van der Waals surface area contributed by atoms with Crippen LogP contribution in [0.15, 0.2) is 9.27 Å². The van der Waals surface area contributed by atoms with Crippen LogP contribution in [0.2, 0.25) is 0 Å². The molecule has 1 aromatic heterocycles. The Morgan fingerprint density at radius 3 is 2.61 bits per heavy atom. The molecule has 18 heavy (non-hydrogen) atoms. The van der Waals surface area contributed by atoms with Crippen LogP contribution in [-0.4, -0.2) is 23.7 Å². The quantitative estimate of drug-likeness (QED) is 0.874. The molecule has 0 spiro atoms. The molecule has 5 nitrogen and oxygen atoms in total. The molecule has 6 heteroatoms. The molecule has 0 saturated heterocycles.